The summed E-state index contributed by atoms with van der Waals surface area (Å²) in [4.78, 5) is 2.24. The maximum Gasteiger partial charge on any atom is 0.374 e. The Morgan fingerprint density at radius 3 is 1.98 bits per heavy atom. The van der Waals surface area contributed by atoms with Gasteiger partial charge in [0.15, 0.2) is 5.75 Å². The second-order valence-corrected chi connectivity index (χ2v) is 12.2. The number of anilines is 1. The van der Waals surface area contributed by atoms with Gasteiger partial charge in [0.05, 0.1) is 21.9 Å². The molecule has 1 aliphatic heterocycles. The molecule has 0 saturated heterocycles. The third kappa shape index (κ3) is 7.36. The predicted molar refractivity (Wildman–Crippen MR) is 180 cm³/mol. The van der Waals surface area contributed by atoms with Crippen molar-refractivity contribution in [2.24, 2.45) is 0 Å². The van der Waals surface area contributed by atoms with Crippen LogP contribution in [0.5, 0.6) is 5.75 Å². The third-order valence-electron chi connectivity index (χ3n) is 7.69. The van der Waals surface area contributed by atoms with Gasteiger partial charge in [0, 0.05) is 24.4 Å². The Kier molecular flexibility index (Phi) is 9.86. The topological polar surface area (TPSA) is 86.7 Å². The molecular formula is C37H38N2O5S. The first-order valence-corrected chi connectivity index (χ1v) is 16.8. The molecule has 0 fully saturated rings. The van der Waals surface area contributed by atoms with Crippen molar-refractivity contribution in [2.75, 3.05) is 17.2 Å². The lowest BCUT2D eigenvalue weighted by Gasteiger charge is -2.16. The maximum atomic E-state index is 9.44. The molecule has 0 aliphatic carbocycles. The van der Waals surface area contributed by atoms with Crippen LogP contribution in [0.1, 0.15) is 40.0 Å². The monoisotopic (exact) mass is 622 g/mol. The van der Waals surface area contributed by atoms with Crippen molar-refractivity contribution in [2.45, 2.75) is 40.7 Å². The minimum absolute atomic E-state index is 0.312. The first-order valence-electron chi connectivity index (χ1n) is 15.3. The van der Waals surface area contributed by atoms with Gasteiger partial charge in [-0.05, 0) is 66.3 Å². The Morgan fingerprint density at radius 1 is 0.822 bits per heavy atom. The highest BCUT2D eigenvalue weighted by Crippen LogP contribution is 2.42. The SMILES string of the molecule is CCC(/C=C1\Oc2ccc(-c3ccccc3)cc2N1CC)=C\c1oc2ccc(-c3ccccc3)cc2[n+]1CC.CCS(=O)(=O)[O-]. The van der Waals surface area contributed by atoms with Gasteiger partial charge in [-0.2, -0.15) is 4.57 Å². The summed E-state index contributed by atoms with van der Waals surface area (Å²) in [5, 5.41) is 0. The fourth-order valence-corrected chi connectivity index (χ4v) is 5.25. The molecule has 6 rings (SSSR count). The number of fused-ring (bicyclic) bond motifs is 2. The average Bonchev–Trinajstić information content (AvgIpc) is 3.60. The van der Waals surface area contributed by atoms with E-state index in [2.05, 4.69) is 127 Å². The first-order chi connectivity index (χ1) is 21.7. The molecule has 7 nitrogen and oxygen atoms in total. The van der Waals surface area contributed by atoms with Crippen LogP contribution in [0.25, 0.3) is 39.4 Å². The van der Waals surface area contributed by atoms with E-state index in [0.717, 1.165) is 59.4 Å². The zero-order valence-electron chi connectivity index (χ0n) is 26.1. The van der Waals surface area contributed by atoms with Crippen LogP contribution in [0.2, 0.25) is 0 Å². The van der Waals surface area contributed by atoms with Crippen LogP contribution in [0.4, 0.5) is 5.69 Å². The molecule has 232 valence electrons. The highest BCUT2D eigenvalue weighted by molar-refractivity contribution is 7.85. The van der Waals surface area contributed by atoms with Gasteiger partial charge in [-0.1, -0.05) is 86.6 Å². The smallest absolute Gasteiger partial charge is 0.374 e. The highest BCUT2D eigenvalue weighted by Gasteiger charge is 2.26. The zero-order valence-corrected chi connectivity index (χ0v) is 26.9. The van der Waals surface area contributed by atoms with Crippen LogP contribution >= 0.6 is 0 Å². The van der Waals surface area contributed by atoms with Crippen LogP contribution in [0, 0.1) is 0 Å². The quantitative estimate of drug-likeness (QED) is 0.128. The molecule has 0 bridgehead atoms. The Hall–Kier alpha value is -4.66. The number of rotatable bonds is 8. The van der Waals surface area contributed by atoms with Gasteiger partial charge in [-0.25, -0.2) is 8.42 Å². The van der Waals surface area contributed by atoms with Crippen LogP contribution in [0.3, 0.4) is 0 Å². The van der Waals surface area contributed by atoms with E-state index < -0.39 is 10.1 Å². The van der Waals surface area contributed by atoms with Gasteiger partial charge in [0.25, 0.3) is 5.52 Å². The third-order valence-corrected chi connectivity index (χ3v) is 8.39. The molecule has 0 saturated carbocycles. The number of benzene rings is 4. The van der Waals surface area contributed by atoms with Crippen molar-refractivity contribution in [1.29, 1.82) is 0 Å². The fraction of sp³-hybridized carbons (Fsp3) is 0.216. The number of nitrogens with zero attached hydrogens (tertiary/aromatic N) is 2. The predicted octanol–water partition coefficient (Wildman–Crippen LogP) is 8.18. The number of aromatic nitrogens is 1. The maximum absolute atomic E-state index is 9.44. The molecular weight excluding hydrogens is 584 g/mol. The van der Waals surface area contributed by atoms with Crippen molar-refractivity contribution in [3.05, 3.63) is 120 Å². The lowest BCUT2D eigenvalue weighted by Crippen LogP contribution is -2.33. The van der Waals surface area contributed by atoms with E-state index in [1.807, 2.05) is 12.1 Å². The molecule has 2 heterocycles. The lowest BCUT2D eigenvalue weighted by atomic mass is 10.0. The highest BCUT2D eigenvalue weighted by atomic mass is 32.2. The van der Waals surface area contributed by atoms with E-state index in [9.17, 15) is 13.0 Å². The van der Waals surface area contributed by atoms with Gasteiger partial charge in [-0.3, -0.25) is 0 Å². The van der Waals surface area contributed by atoms with E-state index in [4.69, 9.17) is 9.15 Å². The van der Waals surface area contributed by atoms with Crippen molar-refractivity contribution in [3.63, 3.8) is 0 Å². The lowest BCUT2D eigenvalue weighted by molar-refractivity contribution is -0.674. The molecule has 0 spiro atoms. The Balaban J connectivity index is 0.000000609. The Bertz CT molecular complexity index is 1950. The average molecular weight is 623 g/mol. The van der Waals surface area contributed by atoms with Crippen molar-refractivity contribution in [3.8, 4) is 28.0 Å². The van der Waals surface area contributed by atoms with E-state index >= 15 is 0 Å². The molecule has 0 N–H and O–H groups in total. The van der Waals surface area contributed by atoms with E-state index in [1.54, 1.807) is 0 Å². The number of ether oxygens (including phenoxy) is 1. The fourth-order valence-electron chi connectivity index (χ4n) is 5.25. The molecule has 0 unspecified atom stereocenters. The van der Waals surface area contributed by atoms with E-state index in [0.29, 0.717) is 0 Å². The second kappa shape index (κ2) is 14.0. The van der Waals surface area contributed by atoms with Gasteiger partial charge >= 0.3 is 5.89 Å². The summed E-state index contributed by atoms with van der Waals surface area (Å²) in [6, 6.07) is 33.8. The molecule has 5 aromatic rings. The van der Waals surface area contributed by atoms with E-state index in [-0.39, 0.29) is 5.75 Å². The summed E-state index contributed by atoms with van der Waals surface area (Å²) in [5.74, 6) is 2.26. The number of hydrogen-bond acceptors (Lipinski definition) is 6. The number of oxazole rings is 1. The van der Waals surface area contributed by atoms with Gasteiger partial charge < -0.3 is 18.6 Å². The molecule has 0 atom stereocenters. The standard InChI is InChI=1S/C35H33N2O2.C2H6O3S/c1-4-25(21-34-36(5-2)30-23-28(17-19-32(30)38-34)26-13-9-7-10-14-26)22-35-37(6-3)31-24-29(18-20-33(31)39-35)27-15-11-8-12-16-27;1-2-6(3,4)5/h7-24H,4-6H2,1-3H3;2H2,1H3,(H,3,4,5)/q+1;/p-1. The second-order valence-electron chi connectivity index (χ2n) is 10.5. The molecule has 0 radical (unpaired) electrons. The van der Waals surface area contributed by atoms with Crippen molar-refractivity contribution in [1.82, 2.24) is 0 Å². The number of aryl methyl sites for hydroxylation is 1. The Labute approximate surface area is 265 Å². The van der Waals surface area contributed by atoms with Gasteiger partial charge in [0.2, 0.25) is 11.5 Å². The summed E-state index contributed by atoms with van der Waals surface area (Å²) < 4.78 is 43.3. The normalized spacial score (nSPS) is 13.8. The van der Waals surface area contributed by atoms with Crippen LogP contribution in [-0.2, 0) is 16.7 Å². The minimum Gasteiger partial charge on any atom is -0.748 e. The largest absolute Gasteiger partial charge is 0.748 e. The zero-order chi connectivity index (χ0) is 32.0. The van der Waals surface area contributed by atoms with Gasteiger partial charge in [0.1, 0.15) is 6.54 Å². The molecule has 1 aromatic heterocycles. The van der Waals surface area contributed by atoms with Crippen LogP contribution < -0.4 is 14.2 Å². The van der Waals surface area contributed by atoms with Gasteiger partial charge in [-0.15, -0.1) is 0 Å². The molecule has 1 aliphatic rings. The molecule has 0 amide bonds. The number of allylic oxidation sites excluding steroid dienone is 2. The van der Waals surface area contributed by atoms with Crippen LogP contribution in [-0.4, -0.2) is 25.3 Å². The summed E-state index contributed by atoms with van der Waals surface area (Å²) in [6.45, 7) is 9.42. The summed E-state index contributed by atoms with van der Waals surface area (Å²) >= 11 is 0. The molecule has 4 aromatic carbocycles. The summed E-state index contributed by atoms with van der Waals surface area (Å²) in [7, 11) is -3.91. The number of hydrogen-bond donors (Lipinski definition) is 0. The van der Waals surface area contributed by atoms with Crippen LogP contribution in [0.15, 0.2) is 119 Å². The first kappa shape index (κ1) is 31.8. The van der Waals surface area contributed by atoms with Crippen molar-refractivity contribution < 1.29 is 26.7 Å². The summed E-state index contributed by atoms with van der Waals surface area (Å²) in [6.07, 6.45) is 5.15. The van der Waals surface area contributed by atoms with E-state index in [1.165, 1.54) is 29.2 Å². The minimum atomic E-state index is -3.91. The molecule has 45 heavy (non-hydrogen) atoms. The summed E-state index contributed by atoms with van der Waals surface area (Å²) in [5.41, 5.74) is 9.00. The van der Waals surface area contributed by atoms with Crippen molar-refractivity contribution >= 4 is 33.0 Å². The molecule has 8 heteroatoms. The Morgan fingerprint density at radius 2 is 1.42 bits per heavy atom.